The number of rotatable bonds is 5. The van der Waals surface area contributed by atoms with E-state index >= 15 is 0 Å². The molecule has 0 saturated carbocycles. The molecule has 92 valence electrons. The van der Waals surface area contributed by atoms with Crippen molar-refractivity contribution in [3.05, 3.63) is 46.2 Å². The largest absolute Gasteiger partial charge is 0.0812 e. The van der Waals surface area contributed by atoms with Crippen LogP contribution in [0.15, 0.2) is 46.2 Å². The van der Waals surface area contributed by atoms with Gasteiger partial charge >= 0.3 is 0 Å². The van der Waals surface area contributed by atoms with E-state index in [1.54, 1.807) is 21.9 Å². The number of hydrogen-bond acceptors (Lipinski definition) is 0. The smallest absolute Gasteiger partial charge is 0.0651 e. The monoisotopic (exact) mass is 244 g/mol. The predicted molar refractivity (Wildman–Crippen MR) is 80.0 cm³/mol. The molecule has 0 bridgehead atoms. The summed E-state index contributed by atoms with van der Waals surface area (Å²) in [5.74, 6) is 0. The summed E-state index contributed by atoms with van der Waals surface area (Å²) in [5.41, 5.74) is 4.75. The van der Waals surface area contributed by atoms with Crippen molar-refractivity contribution in [2.24, 2.45) is 0 Å². The molecule has 0 spiro atoms. The fourth-order valence-electron chi connectivity index (χ4n) is 2.72. The van der Waals surface area contributed by atoms with Crippen LogP contribution in [-0.4, -0.2) is 8.80 Å². The zero-order valence-electron chi connectivity index (χ0n) is 11.4. The van der Waals surface area contributed by atoms with Gasteiger partial charge in [0.15, 0.2) is 0 Å². The summed E-state index contributed by atoms with van der Waals surface area (Å²) >= 11 is 0. The molecule has 17 heavy (non-hydrogen) atoms. The van der Waals surface area contributed by atoms with Gasteiger partial charge in [0.25, 0.3) is 0 Å². The van der Waals surface area contributed by atoms with Crippen LogP contribution in [0.2, 0.25) is 13.1 Å². The van der Waals surface area contributed by atoms with Crippen molar-refractivity contribution in [2.75, 3.05) is 0 Å². The molecule has 0 saturated heterocycles. The second-order valence-electron chi connectivity index (χ2n) is 5.42. The Morgan fingerprint density at radius 3 is 2.71 bits per heavy atom. The molecular formula is C16H24Si. The van der Waals surface area contributed by atoms with Gasteiger partial charge in [0.05, 0.1) is 8.80 Å². The highest BCUT2D eigenvalue weighted by Gasteiger charge is 2.19. The minimum Gasteiger partial charge on any atom is -0.0812 e. The van der Waals surface area contributed by atoms with Crippen molar-refractivity contribution < 1.29 is 0 Å². The topological polar surface area (TPSA) is 0 Å². The van der Waals surface area contributed by atoms with Crippen molar-refractivity contribution >= 4 is 8.80 Å². The van der Waals surface area contributed by atoms with Crippen molar-refractivity contribution in [3.63, 3.8) is 0 Å². The fraction of sp³-hybridized carbons (Fsp3) is 0.500. The molecule has 0 nitrogen and oxygen atoms in total. The van der Waals surface area contributed by atoms with Crippen LogP contribution in [-0.2, 0) is 0 Å². The first-order valence-electron chi connectivity index (χ1n) is 7.03. The van der Waals surface area contributed by atoms with Crippen LogP contribution in [0.1, 0.15) is 39.0 Å². The minimum atomic E-state index is -0.651. The summed E-state index contributed by atoms with van der Waals surface area (Å²) in [5, 5.41) is 1.70. The first-order chi connectivity index (χ1) is 8.22. The standard InChI is InChI=1S/C16H24Si/c1-4-5-7-13-10-11-14(12-13)15-8-6-9-16(15)17(2)3/h8-10,12,17H,4-7,11H2,1-3H3. The number of hydrogen-bond donors (Lipinski definition) is 0. The van der Waals surface area contributed by atoms with Crippen molar-refractivity contribution in [2.45, 2.75) is 52.1 Å². The molecule has 2 aliphatic rings. The maximum absolute atomic E-state index is 2.46. The van der Waals surface area contributed by atoms with E-state index < -0.39 is 8.80 Å². The molecular weight excluding hydrogens is 220 g/mol. The third-order valence-electron chi connectivity index (χ3n) is 3.70. The van der Waals surface area contributed by atoms with Gasteiger partial charge in [-0.25, -0.2) is 0 Å². The fourth-order valence-corrected chi connectivity index (χ4v) is 4.25. The van der Waals surface area contributed by atoms with Gasteiger partial charge in [0.1, 0.15) is 0 Å². The number of unbranched alkanes of at least 4 members (excludes halogenated alkanes) is 1. The Kier molecular flexibility index (Phi) is 4.22. The Labute approximate surface area is 107 Å². The van der Waals surface area contributed by atoms with Crippen molar-refractivity contribution in [1.29, 1.82) is 0 Å². The summed E-state index contributed by atoms with van der Waals surface area (Å²) < 4.78 is 0. The van der Waals surface area contributed by atoms with Crippen molar-refractivity contribution in [1.82, 2.24) is 0 Å². The molecule has 0 aliphatic heterocycles. The first kappa shape index (κ1) is 12.6. The molecule has 0 aromatic carbocycles. The van der Waals surface area contributed by atoms with Crippen LogP contribution < -0.4 is 0 Å². The molecule has 0 amide bonds. The van der Waals surface area contributed by atoms with Crippen LogP contribution >= 0.6 is 0 Å². The zero-order valence-corrected chi connectivity index (χ0v) is 12.6. The van der Waals surface area contributed by atoms with E-state index in [2.05, 4.69) is 44.3 Å². The highest BCUT2D eigenvalue weighted by molar-refractivity contribution is 6.65. The van der Waals surface area contributed by atoms with Gasteiger partial charge in [-0.05, 0) is 36.8 Å². The van der Waals surface area contributed by atoms with Crippen LogP contribution in [0.3, 0.4) is 0 Å². The number of allylic oxidation sites excluding steroid dienone is 8. The van der Waals surface area contributed by atoms with Gasteiger partial charge in [0, 0.05) is 0 Å². The third kappa shape index (κ3) is 2.89. The van der Waals surface area contributed by atoms with Crippen LogP contribution in [0.25, 0.3) is 0 Å². The minimum absolute atomic E-state index is 0.651. The lowest BCUT2D eigenvalue weighted by Crippen LogP contribution is -2.07. The third-order valence-corrected chi connectivity index (χ3v) is 5.49. The van der Waals surface area contributed by atoms with Gasteiger partial charge in [0.2, 0.25) is 0 Å². The van der Waals surface area contributed by atoms with E-state index in [1.807, 2.05) is 0 Å². The van der Waals surface area contributed by atoms with Gasteiger partial charge in [-0.2, -0.15) is 0 Å². The highest BCUT2D eigenvalue weighted by atomic mass is 28.3. The second kappa shape index (κ2) is 5.68. The lowest BCUT2D eigenvalue weighted by Gasteiger charge is -2.12. The average molecular weight is 244 g/mol. The Morgan fingerprint density at radius 2 is 2.00 bits per heavy atom. The van der Waals surface area contributed by atoms with E-state index in [9.17, 15) is 0 Å². The Hall–Kier alpha value is -0.823. The zero-order chi connectivity index (χ0) is 12.3. The summed E-state index contributed by atoms with van der Waals surface area (Å²) in [6.45, 7) is 7.14. The molecule has 0 aromatic heterocycles. The second-order valence-corrected chi connectivity index (χ2v) is 8.36. The molecule has 0 atom stereocenters. The molecule has 0 N–H and O–H groups in total. The molecule has 0 unspecified atom stereocenters. The molecule has 2 aliphatic carbocycles. The summed E-state index contributed by atoms with van der Waals surface area (Å²) in [4.78, 5) is 0. The molecule has 2 rings (SSSR count). The lowest BCUT2D eigenvalue weighted by atomic mass is 10.1. The first-order valence-corrected chi connectivity index (χ1v) is 9.91. The van der Waals surface area contributed by atoms with Crippen LogP contribution in [0, 0.1) is 0 Å². The quantitative estimate of drug-likeness (QED) is 0.614. The van der Waals surface area contributed by atoms with Gasteiger partial charge < -0.3 is 0 Å². The van der Waals surface area contributed by atoms with Crippen LogP contribution in [0.5, 0.6) is 0 Å². The molecule has 0 heterocycles. The summed E-state index contributed by atoms with van der Waals surface area (Å²) in [7, 11) is -0.651. The predicted octanol–water partition coefficient (Wildman–Crippen LogP) is 4.72. The molecule has 0 radical (unpaired) electrons. The van der Waals surface area contributed by atoms with Crippen LogP contribution in [0.4, 0.5) is 0 Å². The van der Waals surface area contributed by atoms with Gasteiger partial charge in [-0.15, -0.1) is 0 Å². The van der Waals surface area contributed by atoms with E-state index in [0.717, 1.165) is 6.42 Å². The molecule has 1 heteroatoms. The van der Waals surface area contributed by atoms with E-state index in [0.29, 0.717) is 0 Å². The van der Waals surface area contributed by atoms with E-state index in [1.165, 1.54) is 25.7 Å². The SMILES string of the molecule is CCCCC1=CCC(C2=CCC=C2[SiH](C)C)=C1. The van der Waals surface area contributed by atoms with Crippen molar-refractivity contribution in [3.8, 4) is 0 Å². The summed E-state index contributed by atoms with van der Waals surface area (Å²) in [6, 6.07) is 0. The average Bonchev–Trinajstić information content (AvgIpc) is 2.94. The molecule has 0 fully saturated rings. The van der Waals surface area contributed by atoms with E-state index in [4.69, 9.17) is 0 Å². The van der Waals surface area contributed by atoms with E-state index in [-0.39, 0.29) is 0 Å². The van der Waals surface area contributed by atoms with Gasteiger partial charge in [-0.1, -0.05) is 61.5 Å². The van der Waals surface area contributed by atoms with Gasteiger partial charge in [-0.3, -0.25) is 0 Å². The summed E-state index contributed by atoms with van der Waals surface area (Å²) in [6.07, 6.45) is 16.0. The normalized spacial score (nSPS) is 19.3. The molecule has 0 aromatic rings. The Bertz CT molecular complexity index is 405. The highest BCUT2D eigenvalue weighted by Crippen LogP contribution is 2.34. The Balaban J connectivity index is 2.04. The lowest BCUT2D eigenvalue weighted by molar-refractivity contribution is 0.798. The maximum Gasteiger partial charge on any atom is 0.0651 e. The maximum atomic E-state index is 2.46. The Morgan fingerprint density at radius 1 is 1.18 bits per heavy atom.